The van der Waals surface area contributed by atoms with E-state index in [1.54, 1.807) is 0 Å². The third-order valence-electron chi connectivity index (χ3n) is 1.86. The summed E-state index contributed by atoms with van der Waals surface area (Å²) in [6, 6.07) is 0. The van der Waals surface area contributed by atoms with Gasteiger partial charge in [0, 0.05) is 19.0 Å². The van der Waals surface area contributed by atoms with E-state index in [9.17, 15) is 4.79 Å². The maximum atomic E-state index is 11.2. The third-order valence-corrected chi connectivity index (χ3v) is 2.26. The standard InChI is InChI=1S/C9H19N3OS/c1-4-11-8(13)6-12(3)5-7(2)9(10)14/h7H,4-6H2,1-3H3,(H2,10,14)(H,11,13). The lowest BCUT2D eigenvalue weighted by Crippen LogP contribution is -2.38. The Morgan fingerprint density at radius 3 is 2.64 bits per heavy atom. The van der Waals surface area contributed by atoms with Crippen molar-refractivity contribution in [2.24, 2.45) is 11.7 Å². The minimum Gasteiger partial charge on any atom is -0.393 e. The van der Waals surface area contributed by atoms with Crippen LogP contribution in [0.15, 0.2) is 0 Å². The highest BCUT2D eigenvalue weighted by Crippen LogP contribution is 1.97. The molecule has 0 bridgehead atoms. The van der Waals surface area contributed by atoms with Crippen LogP contribution >= 0.6 is 12.2 Å². The second-order valence-corrected chi connectivity index (χ2v) is 3.93. The lowest BCUT2D eigenvalue weighted by Gasteiger charge is -2.19. The first-order valence-electron chi connectivity index (χ1n) is 4.72. The number of carbonyl (C=O) groups excluding carboxylic acids is 1. The van der Waals surface area contributed by atoms with Gasteiger partial charge in [0.25, 0.3) is 0 Å². The fourth-order valence-corrected chi connectivity index (χ4v) is 1.19. The summed E-state index contributed by atoms with van der Waals surface area (Å²) in [5.74, 6) is 0.176. The average molecular weight is 217 g/mol. The molecule has 0 aliphatic carbocycles. The number of likely N-dealkylation sites (N-methyl/N-ethyl adjacent to an activating group) is 2. The fraction of sp³-hybridized carbons (Fsp3) is 0.778. The minimum absolute atomic E-state index is 0.0325. The van der Waals surface area contributed by atoms with E-state index >= 15 is 0 Å². The highest BCUT2D eigenvalue weighted by atomic mass is 32.1. The largest absolute Gasteiger partial charge is 0.393 e. The first kappa shape index (κ1) is 13.3. The molecule has 0 fully saturated rings. The summed E-state index contributed by atoms with van der Waals surface area (Å²) in [6.45, 7) is 5.62. The Kier molecular flexibility index (Phi) is 6.40. The number of nitrogens with one attached hydrogen (secondary N) is 1. The van der Waals surface area contributed by atoms with Crippen LogP contribution in [0.3, 0.4) is 0 Å². The van der Waals surface area contributed by atoms with Crippen LogP contribution in [0.5, 0.6) is 0 Å². The second-order valence-electron chi connectivity index (χ2n) is 3.45. The van der Waals surface area contributed by atoms with Crippen LogP contribution in [0.4, 0.5) is 0 Å². The summed E-state index contributed by atoms with van der Waals surface area (Å²) < 4.78 is 0. The predicted octanol–water partition coefficient (Wildman–Crippen LogP) is -0.0235. The number of thiocarbonyl (C=S) groups is 1. The molecule has 0 heterocycles. The zero-order chi connectivity index (χ0) is 11.1. The van der Waals surface area contributed by atoms with Crippen LogP contribution in [0, 0.1) is 5.92 Å². The van der Waals surface area contributed by atoms with Crippen molar-refractivity contribution in [1.82, 2.24) is 10.2 Å². The normalized spacial score (nSPS) is 12.6. The number of amides is 1. The van der Waals surface area contributed by atoms with Crippen LogP contribution < -0.4 is 11.1 Å². The van der Waals surface area contributed by atoms with Crippen LogP contribution in [0.25, 0.3) is 0 Å². The van der Waals surface area contributed by atoms with E-state index in [4.69, 9.17) is 18.0 Å². The molecule has 14 heavy (non-hydrogen) atoms. The quantitative estimate of drug-likeness (QED) is 0.614. The van der Waals surface area contributed by atoms with Gasteiger partial charge in [0.1, 0.15) is 0 Å². The molecule has 0 aliphatic rings. The van der Waals surface area contributed by atoms with Crippen molar-refractivity contribution < 1.29 is 4.79 Å². The number of hydrogen-bond acceptors (Lipinski definition) is 3. The van der Waals surface area contributed by atoms with Gasteiger partial charge >= 0.3 is 0 Å². The van der Waals surface area contributed by atoms with Crippen molar-refractivity contribution in [2.45, 2.75) is 13.8 Å². The van der Waals surface area contributed by atoms with E-state index in [1.807, 2.05) is 25.8 Å². The van der Waals surface area contributed by atoms with Gasteiger partial charge in [0.2, 0.25) is 5.91 Å². The van der Waals surface area contributed by atoms with Crippen molar-refractivity contribution in [3.8, 4) is 0 Å². The Balaban J connectivity index is 3.80. The zero-order valence-corrected chi connectivity index (χ0v) is 9.86. The number of rotatable bonds is 6. The number of nitrogens with zero attached hydrogens (tertiary/aromatic N) is 1. The molecule has 0 saturated carbocycles. The van der Waals surface area contributed by atoms with Gasteiger partial charge < -0.3 is 11.1 Å². The van der Waals surface area contributed by atoms with Gasteiger partial charge in [-0.15, -0.1) is 0 Å². The van der Waals surface area contributed by atoms with Crippen LogP contribution in [0.1, 0.15) is 13.8 Å². The Bertz CT molecular complexity index is 208. The Morgan fingerprint density at radius 2 is 2.21 bits per heavy atom. The molecular formula is C9H19N3OS. The van der Waals surface area contributed by atoms with E-state index in [0.717, 1.165) is 0 Å². The summed E-state index contributed by atoms with van der Waals surface area (Å²) in [4.78, 5) is 13.6. The molecule has 1 unspecified atom stereocenters. The molecule has 5 heteroatoms. The summed E-state index contributed by atoms with van der Waals surface area (Å²) in [7, 11) is 1.88. The number of hydrogen-bond donors (Lipinski definition) is 2. The summed E-state index contributed by atoms with van der Waals surface area (Å²) in [5.41, 5.74) is 5.48. The summed E-state index contributed by atoms with van der Waals surface area (Å²) in [5, 5.41) is 2.73. The SMILES string of the molecule is CCNC(=O)CN(C)CC(C)C(N)=S. The lowest BCUT2D eigenvalue weighted by molar-refractivity contribution is -0.121. The maximum absolute atomic E-state index is 11.2. The first-order chi connectivity index (χ1) is 6.47. The van der Waals surface area contributed by atoms with Gasteiger partial charge in [-0.2, -0.15) is 0 Å². The molecule has 1 amide bonds. The monoisotopic (exact) mass is 217 g/mol. The average Bonchev–Trinajstić information content (AvgIpc) is 2.03. The molecule has 3 N–H and O–H groups in total. The van der Waals surface area contributed by atoms with Gasteiger partial charge in [-0.05, 0) is 14.0 Å². The molecule has 0 aromatic rings. The Labute approximate surface area is 90.8 Å². The van der Waals surface area contributed by atoms with Crippen molar-refractivity contribution in [2.75, 3.05) is 26.7 Å². The smallest absolute Gasteiger partial charge is 0.234 e. The van der Waals surface area contributed by atoms with E-state index in [1.165, 1.54) is 0 Å². The second kappa shape index (κ2) is 6.73. The van der Waals surface area contributed by atoms with E-state index in [2.05, 4.69) is 5.32 Å². The predicted molar refractivity (Wildman–Crippen MR) is 62.1 cm³/mol. The Hall–Kier alpha value is -0.680. The molecular weight excluding hydrogens is 198 g/mol. The highest BCUT2D eigenvalue weighted by molar-refractivity contribution is 7.80. The number of carbonyl (C=O) groups is 1. The molecule has 82 valence electrons. The zero-order valence-electron chi connectivity index (χ0n) is 9.04. The van der Waals surface area contributed by atoms with Gasteiger partial charge in [0.05, 0.1) is 11.5 Å². The van der Waals surface area contributed by atoms with Crippen molar-refractivity contribution >= 4 is 23.1 Å². The number of nitrogens with two attached hydrogens (primary N) is 1. The lowest BCUT2D eigenvalue weighted by atomic mass is 10.2. The third kappa shape index (κ3) is 5.88. The molecule has 0 aromatic heterocycles. The molecule has 0 radical (unpaired) electrons. The topological polar surface area (TPSA) is 58.4 Å². The van der Waals surface area contributed by atoms with E-state index in [-0.39, 0.29) is 11.8 Å². The van der Waals surface area contributed by atoms with Gasteiger partial charge in [-0.1, -0.05) is 19.1 Å². The summed E-state index contributed by atoms with van der Waals surface area (Å²) in [6.07, 6.45) is 0. The maximum Gasteiger partial charge on any atom is 0.234 e. The highest BCUT2D eigenvalue weighted by Gasteiger charge is 2.11. The van der Waals surface area contributed by atoms with Gasteiger partial charge in [0.15, 0.2) is 0 Å². The van der Waals surface area contributed by atoms with E-state index in [0.29, 0.717) is 24.6 Å². The fourth-order valence-electron chi connectivity index (χ4n) is 1.12. The van der Waals surface area contributed by atoms with Crippen molar-refractivity contribution in [1.29, 1.82) is 0 Å². The molecule has 0 aromatic carbocycles. The molecule has 1 atom stereocenters. The van der Waals surface area contributed by atoms with Crippen LogP contribution in [-0.2, 0) is 4.79 Å². The van der Waals surface area contributed by atoms with Crippen LogP contribution in [0.2, 0.25) is 0 Å². The molecule has 4 nitrogen and oxygen atoms in total. The van der Waals surface area contributed by atoms with Gasteiger partial charge in [-0.3, -0.25) is 9.69 Å². The first-order valence-corrected chi connectivity index (χ1v) is 5.12. The molecule has 0 aliphatic heterocycles. The molecule has 0 saturated heterocycles. The van der Waals surface area contributed by atoms with Crippen molar-refractivity contribution in [3.05, 3.63) is 0 Å². The van der Waals surface area contributed by atoms with Crippen molar-refractivity contribution in [3.63, 3.8) is 0 Å². The molecule has 0 rings (SSSR count). The van der Waals surface area contributed by atoms with E-state index < -0.39 is 0 Å². The Morgan fingerprint density at radius 1 is 1.64 bits per heavy atom. The minimum atomic E-state index is 0.0325. The summed E-state index contributed by atoms with van der Waals surface area (Å²) >= 11 is 4.85. The van der Waals surface area contributed by atoms with Crippen LogP contribution in [-0.4, -0.2) is 42.5 Å². The van der Waals surface area contributed by atoms with Gasteiger partial charge in [-0.25, -0.2) is 0 Å². The molecule has 0 spiro atoms.